The first-order valence-electron chi connectivity index (χ1n) is 14.7. The molecule has 2 unspecified atom stereocenters. The molecule has 3 aliphatic rings. The normalized spacial score (nSPS) is 33.4. The molecule has 2 heterocycles. The Morgan fingerprint density at radius 1 is 1.10 bits per heavy atom. The van der Waals surface area contributed by atoms with Gasteiger partial charge in [-0.05, 0) is 46.0 Å². The Morgan fingerprint density at radius 2 is 1.73 bits per heavy atom. The Morgan fingerprint density at radius 3 is 2.32 bits per heavy atom. The number of hydrogen-bond acceptors (Lipinski definition) is 9. The minimum atomic E-state index is -3.88. The summed E-state index contributed by atoms with van der Waals surface area (Å²) in [5.41, 5.74) is -2.02. The lowest BCUT2D eigenvalue weighted by molar-refractivity contribution is -0.151. The van der Waals surface area contributed by atoms with Gasteiger partial charge in [0.05, 0.1) is 19.0 Å². The minimum absolute atomic E-state index is 0.0860. The van der Waals surface area contributed by atoms with E-state index in [2.05, 4.69) is 17.6 Å². The van der Waals surface area contributed by atoms with Crippen LogP contribution in [0.5, 0.6) is 0 Å². The van der Waals surface area contributed by atoms with E-state index in [4.69, 9.17) is 13.7 Å². The molecule has 0 bridgehead atoms. The maximum absolute atomic E-state index is 13.9. The SMILES string of the molecule is CCOC(=O)[C@]12NC(=O)[C@@H]3C[C@H](OS(C)(=O)=O)CN3C(=O)[C@@H](NC(=O)OC(C)(C)C)CCCCCCC(C)C1[C@H]2C. The highest BCUT2D eigenvalue weighted by Gasteiger charge is 2.71. The fourth-order valence-corrected chi connectivity index (χ4v) is 7.14. The van der Waals surface area contributed by atoms with E-state index in [1.165, 1.54) is 4.90 Å². The number of carbonyl (C=O) groups excluding carboxylic acids is 4. The molecule has 0 aromatic carbocycles. The van der Waals surface area contributed by atoms with Crippen molar-refractivity contribution in [3.8, 4) is 0 Å². The van der Waals surface area contributed by atoms with Gasteiger partial charge in [-0.25, -0.2) is 9.59 Å². The Labute approximate surface area is 243 Å². The molecule has 0 radical (unpaired) electrons. The molecule has 234 valence electrons. The molecule has 7 atom stereocenters. The third kappa shape index (κ3) is 8.12. The van der Waals surface area contributed by atoms with Crippen molar-refractivity contribution in [1.29, 1.82) is 0 Å². The van der Waals surface area contributed by atoms with Crippen LogP contribution in [-0.4, -0.2) is 85.9 Å². The van der Waals surface area contributed by atoms with Crippen LogP contribution in [0.4, 0.5) is 4.79 Å². The molecule has 0 aromatic heterocycles. The van der Waals surface area contributed by atoms with Gasteiger partial charge in [0, 0.05) is 18.9 Å². The van der Waals surface area contributed by atoms with Gasteiger partial charge in [-0.1, -0.05) is 46.0 Å². The zero-order valence-corrected chi connectivity index (χ0v) is 26.2. The molecule has 3 fully saturated rings. The molecular weight excluding hydrogens is 554 g/mol. The van der Waals surface area contributed by atoms with Gasteiger partial charge in [0.25, 0.3) is 10.1 Å². The summed E-state index contributed by atoms with van der Waals surface area (Å²) in [4.78, 5) is 55.0. The van der Waals surface area contributed by atoms with Crippen LogP contribution in [0.2, 0.25) is 0 Å². The number of nitrogens with zero attached hydrogens (tertiary/aromatic N) is 1. The lowest BCUT2D eigenvalue weighted by Crippen LogP contribution is -2.57. The number of hydrogen-bond donors (Lipinski definition) is 2. The molecule has 12 nitrogen and oxygen atoms in total. The summed E-state index contributed by atoms with van der Waals surface area (Å²) >= 11 is 0. The zero-order valence-electron chi connectivity index (χ0n) is 25.4. The maximum atomic E-state index is 13.9. The number of esters is 1. The van der Waals surface area contributed by atoms with Gasteiger partial charge in [-0.3, -0.25) is 13.8 Å². The van der Waals surface area contributed by atoms with Gasteiger partial charge in [-0.15, -0.1) is 0 Å². The van der Waals surface area contributed by atoms with Crippen LogP contribution < -0.4 is 10.6 Å². The molecule has 1 saturated carbocycles. The van der Waals surface area contributed by atoms with E-state index in [0.717, 1.165) is 31.9 Å². The van der Waals surface area contributed by atoms with E-state index in [1.54, 1.807) is 27.7 Å². The second kappa shape index (κ2) is 12.8. The van der Waals surface area contributed by atoms with Gasteiger partial charge in [0.1, 0.15) is 23.2 Å². The zero-order chi connectivity index (χ0) is 30.8. The van der Waals surface area contributed by atoms with Crippen molar-refractivity contribution < 1.29 is 41.3 Å². The Kier molecular flexibility index (Phi) is 10.4. The lowest BCUT2D eigenvalue weighted by atomic mass is 9.94. The van der Waals surface area contributed by atoms with Gasteiger partial charge in [0.2, 0.25) is 11.8 Å². The van der Waals surface area contributed by atoms with Crippen molar-refractivity contribution in [2.24, 2.45) is 17.8 Å². The van der Waals surface area contributed by atoms with Crippen LogP contribution in [0.1, 0.15) is 86.5 Å². The first kappa shape index (κ1) is 33.1. The summed E-state index contributed by atoms with van der Waals surface area (Å²) in [5, 5.41) is 5.60. The Bertz CT molecular complexity index is 1110. The first-order chi connectivity index (χ1) is 19.0. The van der Waals surface area contributed by atoms with Gasteiger partial charge >= 0.3 is 12.1 Å². The van der Waals surface area contributed by atoms with E-state index >= 15 is 0 Å². The molecule has 2 saturated heterocycles. The Hall–Kier alpha value is -2.41. The van der Waals surface area contributed by atoms with Crippen molar-refractivity contribution in [2.45, 2.75) is 116 Å². The van der Waals surface area contributed by atoms with Crippen molar-refractivity contribution in [3.05, 3.63) is 0 Å². The van der Waals surface area contributed by atoms with Gasteiger partial charge < -0.3 is 25.0 Å². The molecule has 0 spiro atoms. The van der Waals surface area contributed by atoms with Crippen molar-refractivity contribution in [3.63, 3.8) is 0 Å². The highest BCUT2D eigenvalue weighted by molar-refractivity contribution is 7.86. The van der Waals surface area contributed by atoms with Crippen LogP contribution in [0.3, 0.4) is 0 Å². The second-order valence-corrected chi connectivity index (χ2v) is 14.3. The summed E-state index contributed by atoms with van der Waals surface area (Å²) in [6.45, 7) is 10.8. The average molecular weight is 602 g/mol. The highest BCUT2D eigenvalue weighted by Crippen LogP contribution is 2.56. The summed E-state index contributed by atoms with van der Waals surface area (Å²) in [6, 6.07) is -2.11. The number of rotatable bonds is 5. The molecule has 13 heteroatoms. The smallest absolute Gasteiger partial charge is 0.408 e. The van der Waals surface area contributed by atoms with Crippen LogP contribution in [-0.2, 0) is 38.2 Å². The summed E-state index contributed by atoms with van der Waals surface area (Å²) in [5.74, 6) is -1.80. The standard InChI is InChI=1S/C28H47N3O9S/c1-8-38-25(34)28-18(3)22(28)17(2)13-11-9-10-12-14-20(29-26(35)39-27(4,5)6)24(33)31-16-19(40-41(7,36)37)15-21(31)23(32)30-28/h17-22H,8-16H2,1-7H3,(H,29,35)(H,30,32)/t17?,18-,19+,20+,21+,22?,28-/m1/s1. The maximum Gasteiger partial charge on any atom is 0.408 e. The second-order valence-electron chi connectivity index (χ2n) is 12.7. The molecule has 2 N–H and O–H groups in total. The number of nitrogens with one attached hydrogen (secondary N) is 2. The van der Waals surface area contributed by atoms with Crippen LogP contribution in [0, 0.1) is 17.8 Å². The number of carbonyl (C=O) groups is 4. The monoisotopic (exact) mass is 601 g/mol. The highest BCUT2D eigenvalue weighted by atomic mass is 32.2. The third-order valence-electron chi connectivity index (χ3n) is 8.28. The quantitative estimate of drug-likeness (QED) is 0.357. The van der Waals surface area contributed by atoms with Crippen molar-refractivity contribution >= 4 is 34.0 Å². The van der Waals surface area contributed by atoms with Gasteiger partial charge in [0.15, 0.2) is 0 Å². The van der Waals surface area contributed by atoms with Crippen LogP contribution in [0.15, 0.2) is 0 Å². The summed E-state index contributed by atoms with van der Waals surface area (Å²) < 4.78 is 39.9. The predicted octanol–water partition coefficient (Wildman–Crippen LogP) is 2.50. The van der Waals surface area contributed by atoms with E-state index in [0.29, 0.717) is 12.8 Å². The molecule has 3 amide bonds. The van der Waals surface area contributed by atoms with E-state index in [1.807, 2.05) is 6.92 Å². The predicted molar refractivity (Wildman–Crippen MR) is 150 cm³/mol. The average Bonchev–Trinajstić information content (AvgIpc) is 3.20. The number of amides is 3. The van der Waals surface area contributed by atoms with E-state index in [-0.39, 0.29) is 37.3 Å². The summed E-state index contributed by atoms with van der Waals surface area (Å²) in [7, 11) is -3.88. The fourth-order valence-electron chi connectivity index (χ4n) is 6.51. The molecule has 41 heavy (non-hydrogen) atoms. The number of ether oxygens (including phenoxy) is 2. The minimum Gasteiger partial charge on any atom is -0.464 e. The molecule has 3 rings (SSSR count). The van der Waals surface area contributed by atoms with Gasteiger partial charge in [-0.2, -0.15) is 8.42 Å². The van der Waals surface area contributed by atoms with Crippen LogP contribution in [0.25, 0.3) is 0 Å². The fraction of sp³-hybridized carbons (Fsp3) is 0.857. The molecule has 0 aromatic rings. The Balaban J connectivity index is 1.97. The van der Waals surface area contributed by atoms with Crippen LogP contribution >= 0.6 is 0 Å². The lowest BCUT2D eigenvalue weighted by Gasteiger charge is -2.30. The number of alkyl carbamates (subject to hydrolysis) is 1. The summed E-state index contributed by atoms with van der Waals surface area (Å²) in [6.07, 6.45) is 3.61. The largest absolute Gasteiger partial charge is 0.464 e. The topological polar surface area (TPSA) is 157 Å². The van der Waals surface area contributed by atoms with E-state index < -0.39 is 63.3 Å². The van der Waals surface area contributed by atoms with E-state index in [9.17, 15) is 27.6 Å². The molecular formula is C28H47N3O9S. The van der Waals surface area contributed by atoms with Crippen molar-refractivity contribution in [1.82, 2.24) is 15.5 Å². The third-order valence-corrected chi connectivity index (χ3v) is 8.90. The first-order valence-corrected chi connectivity index (χ1v) is 16.5. The molecule has 1 aliphatic carbocycles. The number of fused-ring (bicyclic) bond motifs is 2. The molecule has 2 aliphatic heterocycles. The van der Waals surface area contributed by atoms with Crippen molar-refractivity contribution in [2.75, 3.05) is 19.4 Å².